The zero-order valence-corrected chi connectivity index (χ0v) is 14.6. The highest BCUT2D eigenvalue weighted by molar-refractivity contribution is 6.45. The van der Waals surface area contributed by atoms with Crippen molar-refractivity contribution in [1.82, 2.24) is 0 Å². The molecule has 0 aliphatic carbocycles. The first-order valence-electron chi connectivity index (χ1n) is 8.43. The first-order valence-corrected chi connectivity index (χ1v) is 8.43. The maximum absolute atomic E-state index is 12.2. The summed E-state index contributed by atoms with van der Waals surface area (Å²) in [5.41, 5.74) is 3.18. The van der Waals surface area contributed by atoms with Gasteiger partial charge < -0.3 is 4.74 Å². The molecule has 1 heterocycles. The van der Waals surface area contributed by atoms with Crippen molar-refractivity contribution < 1.29 is 9.53 Å². The predicted molar refractivity (Wildman–Crippen MR) is 105 cm³/mol. The Bertz CT molecular complexity index is 1070. The molecule has 0 N–H and O–H groups in total. The fourth-order valence-electron chi connectivity index (χ4n) is 3.06. The van der Waals surface area contributed by atoms with Crippen LogP contribution in [0.4, 0.5) is 5.69 Å². The lowest BCUT2D eigenvalue weighted by molar-refractivity contribution is -0.128. The van der Waals surface area contributed by atoms with E-state index in [0.29, 0.717) is 11.5 Å². The SMILES string of the molecule is Cc1ccccc1N(C)/N=C1\C=C(c2ccc3ccccc3c2)OC1=O. The summed E-state index contributed by atoms with van der Waals surface area (Å²) in [4.78, 5) is 12.2. The number of carbonyl (C=O) groups excluding carboxylic acids is 1. The third-order valence-electron chi connectivity index (χ3n) is 4.44. The van der Waals surface area contributed by atoms with E-state index in [9.17, 15) is 4.79 Å². The van der Waals surface area contributed by atoms with Crippen molar-refractivity contribution in [1.29, 1.82) is 0 Å². The zero-order valence-electron chi connectivity index (χ0n) is 14.6. The molecule has 0 unspecified atom stereocenters. The van der Waals surface area contributed by atoms with Gasteiger partial charge in [0, 0.05) is 18.7 Å². The third kappa shape index (κ3) is 2.97. The van der Waals surface area contributed by atoms with Crippen LogP contribution in [0.1, 0.15) is 11.1 Å². The molecule has 0 radical (unpaired) electrons. The number of rotatable bonds is 3. The molecule has 0 amide bonds. The van der Waals surface area contributed by atoms with Crippen molar-refractivity contribution in [2.24, 2.45) is 5.10 Å². The number of nitrogens with zero attached hydrogens (tertiary/aromatic N) is 2. The summed E-state index contributed by atoms with van der Waals surface area (Å²) in [6.45, 7) is 2.01. The first kappa shape index (κ1) is 16.1. The lowest BCUT2D eigenvalue weighted by Crippen LogP contribution is -2.17. The van der Waals surface area contributed by atoms with Crippen LogP contribution in [0.2, 0.25) is 0 Å². The third-order valence-corrected chi connectivity index (χ3v) is 4.44. The van der Waals surface area contributed by atoms with Gasteiger partial charge in [-0.25, -0.2) is 4.79 Å². The van der Waals surface area contributed by atoms with E-state index in [0.717, 1.165) is 27.6 Å². The number of cyclic esters (lactones) is 1. The molecule has 3 aromatic rings. The van der Waals surface area contributed by atoms with Crippen LogP contribution < -0.4 is 5.01 Å². The highest BCUT2D eigenvalue weighted by Gasteiger charge is 2.24. The van der Waals surface area contributed by atoms with Gasteiger partial charge in [0.2, 0.25) is 0 Å². The first-order chi connectivity index (χ1) is 12.6. The van der Waals surface area contributed by atoms with E-state index in [1.165, 1.54) is 0 Å². The number of anilines is 1. The summed E-state index contributed by atoms with van der Waals surface area (Å²) in [6.07, 6.45) is 1.70. The van der Waals surface area contributed by atoms with Crippen LogP contribution in [0.15, 0.2) is 77.9 Å². The highest BCUT2D eigenvalue weighted by atomic mass is 16.5. The molecule has 0 saturated carbocycles. The van der Waals surface area contributed by atoms with Crippen molar-refractivity contribution >= 4 is 33.9 Å². The second kappa shape index (κ2) is 6.48. The molecule has 1 aliphatic rings. The number of para-hydroxylation sites is 1. The molecule has 0 aromatic heterocycles. The molecule has 0 saturated heterocycles. The van der Waals surface area contributed by atoms with Gasteiger partial charge >= 0.3 is 5.97 Å². The standard InChI is InChI=1S/C22H18N2O2/c1-15-7-3-6-10-20(15)24(2)23-19-14-21(26-22(19)25)18-12-11-16-8-4-5-9-17(16)13-18/h3-14H,1-2H3/b23-19+. The second-order valence-electron chi connectivity index (χ2n) is 6.26. The van der Waals surface area contributed by atoms with Crippen LogP contribution in [-0.2, 0) is 9.53 Å². The van der Waals surface area contributed by atoms with E-state index < -0.39 is 5.97 Å². The fraction of sp³-hybridized carbons (Fsp3) is 0.0909. The average molecular weight is 342 g/mol. The van der Waals surface area contributed by atoms with Crippen molar-refractivity contribution in [2.75, 3.05) is 12.1 Å². The van der Waals surface area contributed by atoms with E-state index in [2.05, 4.69) is 11.2 Å². The van der Waals surface area contributed by atoms with Gasteiger partial charge in [-0.05, 0) is 35.4 Å². The molecule has 4 heteroatoms. The van der Waals surface area contributed by atoms with E-state index in [-0.39, 0.29) is 0 Å². The predicted octanol–water partition coefficient (Wildman–Crippen LogP) is 4.54. The van der Waals surface area contributed by atoms with Crippen LogP contribution in [0.5, 0.6) is 0 Å². The van der Waals surface area contributed by atoms with Crippen LogP contribution in [0.3, 0.4) is 0 Å². The van der Waals surface area contributed by atoms with Crippen LogP contribution in [0, 0.1) is 6.92 Å². The summed E-state index contributed by atoms with van der Waals surface area (Å²) in [6, 6.07) is 22.0. The lowest BCUT2D eigenvalue weighted by atomic mass is 10.1. The van der Waals surface area contributed by atoms with Crippen molar-refractivity contribution in [3.05, 3.63) is 83.9 Å². The Balaban J connectivity index is 1.67. The largest absolute Gasteiger partial charge is 0.421 e. The number of hydrazone groups is 1. The van der Waals surface area contributed by atoms with Crippen LogP contribution >= 0.6 is 0 Å². The van der Waals surface area contributed by atoms with Gasteiger partial charge in [0.1, 0.15) is 5.76 Å². The maximum Gasteiger partial charge on any atom is 0.364 e. The Kier molecular flexibility index (Phi) is 4.01. The Labute approximate surface area is 152 Å². The highest BCUT2D eigenvalue weighted by Crippen LogP contribution is 2.26. The Morgan fingerprint density at radius 2 is 1.65 bits per heavy atom. The van der Waals surface area contributed by atoms with Gasteiger partial charge in [0.25, 0.3) is 0 Å². The minimum Gasteiger partial charge on any atom is -0.421 e. The Morgan fingerprint density at radius 1 is 0.923 bits per heavy atom. The topological polar surface area (TPSA) is 41.9 Å². The molecule has 0 fully saturated rings. The Hall–Kier alpha value is -3.40. The van der Waals surface area contributed by atoms with E-state index in [4.69, 9.17) is 4.74 Å². The minimum atomic E-state index is -0.436. The monoisotopic (exact) mass is 342 g/mol. The van der Waals surface area contributed by atoms with E-state index in [1.807, 2.05) is 74.6 Å². The van der Waals surface area contributed by atoms with Gasteiger partial charge in [0.05, 0.1) is 5.69 Å². The number of hydrogen-bond acceptors (Lipinski definition) is 4. The molecule has 1 aliphatic heterocycles. The molecule has 3 aromatic carbocycles. The minimum absolute atomic E-state index is 0.291. The maximum atomic E-state index is 12.2. The summed E-state index contributed by atoms with van der Waals surface area (Å²) < 4.78 is 5.44. The molecule has 0 spiro atoms. The summed E-state index contributed by atoms with van der Waals surface area (Å²) in [7, 11) is 1.82. The smallest absolute Gasteiger partial charge is 0.364 e. The van der Waals surface area contributed by atoms with E-state index >= 15 is 0 Å². The summed E-state index contributed by atoms with van der Waals surface area (Å²) >= 11 is 0. The van der Waals surface area contributed by atoms with Crippen LogP contribution in [0.25, 0.3) is 16.5 Å². The number of fused-ring (bicyclic) bond motifs is 1. The molecule has 0 atom stereocenters. The van der Waals surface area contributed by atoms with Crippen LogP contribution in [-0.4, -0.2) is 18.7 Å². The van der Waals surface area contributed by atoms with Gasteiger partial charge in [-0.15, -0.1) is 0 Å². The Morgan fingerprint density at radius 3 is 2.46 bits per heavy atom. The number of aryl methyl sites for hydroxylation is 1. The second-order valence-corrected chi connectivity index (χ2v) is 6.26. The zero-order chi connectivity index (χ0) is 18.1. The molecule has 4 nitrogen and oxygen atoms in total. The number of carbonyl (C=O) groups is 1. The lowest BCUT2D eigenvalue weighted by Gasteiger charge is -2.15. The molecular formula is C22H18N2O2. The molecule has 4 rings (SSSR count). The van der Waals surface area contributed by atoms with Gasteiger partial charge in [-0.3, -0.25) is 5.01 Å². The quantitative estimate of drug-likeness (QED) is 0.518. The van der Waals surface area contributed by atoms with Gasteiger partial charge in [-0.2, -0.15) is 5.10 Å². The molecule has 128 valence electrons. The fourth-order valence-corrected chi connectivity index (χ4v) is 3.06. The number of ether oxygens (including phenoxy) is 1. The normalized spacial score (nSPS) is 15.2. The number of hydrogen-bond donors (Lipinski definition) is 0. The average Bonchev–Trinajstić information content (AvgIpc) is 3.02. The van der Waals surface area contributed by atoms with Crippen molar-refractivity contribution in [3.63, 3.8) is 0 Å². The van der Waals surface area contributed by atoms with Crippen molar-refractivity contribution in [3.8, 4) is 0 Å². The van der Waals surface area contributed by atoms with Crippen molar-refractivity contribution in [2.45, 2.75) is 6.92 Å². The molecule has 0 bridgehead atoms. The van der Waals surface area contributed by atoms with Gasteiger partial charge in [0.15, 0.2) is 5.71 Å². The number of benzene rings is 3. The van der Waals surface area contributed by atoms with Gasteiger partial charge in [-0.1, -0.05) is 54.6 Å². The van der Waals surface area contributed by atoms with E-state index in [1.54, 1.807) is 11.1 Å². The summed E-state index contributed by atoms with van der Waals surface area (Å²) in [5, 5.41) is 8.37. The summed E-state index contributed by atoms with van der Waals surface area (Å²) in [5.74, 6) is 0.0891. The number of esters is 1. The molecular weight excluding hydrogens is 324 g/mol. The molecule has 26 heavy (non-hydrogen) atoms.